The van der Waals surface area contributed by atoms with Crippen LogP contribution in [-0.4, -0.2) is 30.3 Å². The second-order valence-electron chi connectivity index (χ2n) is 4.42. The first-order valence-corrected chi connectivity index (χ1v) is 5.98. The zero-order valence-corrected chi connectivity index (χ0v) is 9.59. The number of likely N-dealkylation sites (N-methyl/N-ethyl adjacent to an activating group) is 1. The minimum absolute atomic E-state index is 0.237. The first-order valence-electron chi connectivity index (χ1n) is 5.98. The summed E-state index contributed by atoms with van der Waals surface area (Å²) in [7, 11) is 2.10. The molecule has 1 aliphatic rings. The van der Waals surface area contributed by atoms with E-state index in [0.717, 1.165) is 25.8 Å². The number of hydrogen-bond donors (Lipinski definition) is 0. The molecule has 0 N–H and O–H groups in total. The van der Waals surface area contributed by atoms with Crippen molar-refractivity contribution in [2.24, 2.45) is 0 Å². The molecule has 14 heavy (non-hydrogen) atoms. The Hall–Kier alpha value is -0.370. The van der Waals surface area contributed by atoms with Crippen molar-refractivity contribution in [3.63, 3.8) is 0 Å². The molecule has 0 spiro atoms. The summed E-state index contributed by atoms with van der Waals surface area (Å²) in [6.07, 6.45) is 8.01. The van der Waals surface area contributed by atoms with Gasteiger partial charge in [-0.15, -0.1) is 0 Å². The summed E-state index contributed by atoms with van der Waals surface area (Å²) in [6.45, 7) is 3.30. The summed E-state index contributed by atoms with van der Waals surface area (Å²) < 4.78 is 0. The van der Waals surface area contributed by atoms with Gasteiger partial charge in [-0.25, -0.2) is 0 Å². The molecule has 1 unspecified atom stereocenters. The number of nitrogens with zero attached hydrogens (tertiary/aromatic N) is 1. The second kappa shape index (κ2) is 6.18. The second-order valence-corrected chi connectivity index (χ2v) is 4.42. The summed E-state index contributed by atoms with van der Waals surface area (Å²) in [5, 5.41) is 0. The van der Waals surface area contributed by atoms with Crippen molar-refractivity contribution in [1.29, 1.82) is 0 Å². The Bertz CT molecular complexity index is 179. The Morgan fingerprint density at radius 1 is 1.36 bits per heavy atom. The number of carbonyl (C=O) groups excluding carboxylic acids is 1. The Balaban J connectivity index is 2.27. The highest BCUT2D eigenvalue weighted by molar-refractivity contribution is 5.84. The molecule has 0 bridgehead atoms. The van der Waals surface area contributed by atoms with Gasteiger partial charge >= 0.3 is 0 Å². The van der Waals surface area contributed by atoms with Crippen molar-refractivity contribution in [3.05, 3.63) is 0 Å². The van der Waals surface area contributed by atoms with Gasteiger partial charge < -0.3 is 0 Å². The van der Waals surface area contributed by atoms with Gasteiger partial charge in [0.15, 0.2) is 0 Å². The fourth-order valence-corrected chi connectivity index (χ4v) is 2.20. The minimum atomic E-state index is 0.237. The highest BCUT2D eigenvalue weighted by Gasteiger charge is 2.25. The molecule has 0 aromatic heterocycles. The summed E-state index contributed by atoms with van der Waals surface area (Å²) >= 11 is 0. The van der Waals surface area contributed by atoms with E-state index < -0.39 is 0 Å². The molecule has 1 fully saturated rings. The quantitative estimate of drug-likeness (QED) is 0.631. The zero-order valence-electron chi connectivity index (χ0n) is 9.59. The van der Waals surface area contributed by atoms with Gasteiger partial charge in [0.2, 0.25) is 0 Å². The predicted molar refractivity (Wildman–Crippen MR) is 59.4 cm³/mol. The van der Waals surface area contributed by atoms with Crippen LogP contribution < -0.4 is 0 Å². The van der Waals surface area contributed by atoms with E-state index in [1.54, 1.807) is 0 Å². The molecule has 0 aromatic rings. The van der Waals surface area contributed by atoms with Crippen molar-refractivity contribution in [3.8, 4) is 0 Å². The van der Waals surface area contributed by atoms with E-state index in [1.165, 1.54) is 25.7 Å². The highest BCUT2D eigenvalue weighted by atomic mass is 16.1. The first-order chi connectivity index (χ1) is 6.75. The van der Waals surface area contributed by atoms with Crippen LogP contribution in [-0.2, 0) is 4.79 Å². The van der Waals surface area contributed by atoms with Gasteiger partial charge in [-0.05, 0) is 32.9 Å². The van der Waals surface area contributed by atoms with Gasteiger partial charge in [-0.2, -0.15) is 0 Å². The SMILES string of the molecule is CCCCCN(C)C1CCCCC1=O. The maximum absolute atomic E-state index is 11.6. The molecule has 0 aliphatic heterocycles. The van der Waals surface area contributed by atoms with E-state index in [0.29, 0.717) is 5.78 Å². The summed E-state index contributed by atoms with van der Waals surface area (Å²) in [6, 6.07) is 0.237. The normalized spacial score (nSPS) is 23.1. The largest absolute Gasteiger partial charge is 0.298 e. The topological polar surface area (TPSA) is 20.3 Å². The van der Waals surface area contributed by atoms with Crippen molar-refractivity contribution in [2.45, 2.75) is 57.9 Å². The molecule has 2 heteroatoms. The third kappa shape index (κ3) is 3.41. The molecule has 0 amide bonds. The number of ketones is 1. The van der Waals surface area contributed by atoms with Crippen LogP contribution in [0.4, 0.5) is 0 Å². The lowest BCUT2D eigenvalue weighted by molar-refractivity contribution is -0.125. The van der Waals surface area contributed by atoms with Gasteiger partial charge in [0, 0.05) is 6.42 Å². The van der Waals surface area contributed by atoms with Crippen molar-refractivity contribution in [1.82, 2.24) is 4.90 Å². The van der Waals surface area contributed by atoms with Crippen molar-refractivity contribution >= 4 is 5.78 Å². The zero-order chi connectivity index (χ0) is 10.4. The molecule has 1 aliphatic carbocycles. The van der Waals surface area contributed by atoms with E-state index in [2.05, 4.69) is 18.9 Å². The third-order valence-electron chi connectivity index (χ3n) is 3.17. The molecule has 82 valence electrons. The standard InChI is InChI=1S/C12H23NO/c1-3-4-7-10-13(2)11-8-5-6-9-12(11)14/h11H,3-10H2,1-2H3. The fourth-order valence-electron chi connectivity index (χ4n) is 2.20. The van der Waals surface area contributed by atoms with Crippen LogP contribution in [0.15, 0.2) is 0 Å². The fraction of sp³-hybridized carbons (Fsp3) is 0.917. The molecule has 1 rings (SSSR count). The molecule has 1 saturated carbocycles. The number of rotatable bonds is 5. The van der Waals surface area contributed by atoms with Gasteiger partial charge in [0.05, 0.1) is 6.04 Å². The van der Waals surface area contributed by atoms with Gasteiger partial charge in [0.25, 0.3) is 0 Å². The molecule has 1 atom stereocenters. The van der Waals surface area contributed by atoms with Crippen LogP contribution in [0, 0.1) is 0 Å². The first kappa shape index (κ1) is 11.7. The van der Waals surface area contributed by atoms with E-state index in [9.17, 15) is 4.79 Å². The maximum Gasteiger partial charge on any atom is 0.149 e. The highest BCUT2D eigenvalue weighted by Crippen LogP contribution is 2.19. The average molecular weight is 197 g/mol. The maximum atomic E-state index is 11.6. The van der Waals surface area contributed by atoms with E-state index in [4.69, 9.17) is 0 Å². The summed E-state index contributed by atoms with van der Waals surface area (Å²) in [4.78, 5) is 13.9. The molecule has 2 nitrogen and oxygen atoms in total. The molecular weight excluding hydrogens is 174 g/mol. The van der Waals surface area contributed by atoms with Crippen molar-refractivity contribution in [2.75, 3.05) is 13.6 Å². The van der Waals surface area contributed by atoms with Crippen LogP contribution >= 0.6 is 0 Å². The lowest BCUT2D eigenvalue weighted by Crippen LogP contribution is -2.40. The predicted octanol–water partition coefficient (Wildman–Crippen LogP) is 2.62. The lowest BCUT2D eigenvalue weighted by Gasteiger charge is -2.29. The van der Waals surface area contributed by atoms with Crippen LogP contribution in [0.25, 0.3) is 0 Å². The number of carbonyl (C=O) groups is 1. The van der Waals surface area contributed by atoms with Crippen LogP contribution in [0.5, 0.6) is 0 Å². The molecular formula is C12H23NO. The van der Waals surface area contributed by atoms with E-state index in [1.807, 2.05) is 0 Å². The molecule has 0 heterocycles. The average Bonchev–Trinajstić information content (AvgIpc) is 2.18. The Morgan fingerprint density at radius 3 is 2.79 bits per heavy atom. The van der Waals surface area contributed by atoms with Crippen LogP contribution in [0.3, 0.4) is 0 Å². The Morgan fingerprint density at radius 2 is 2.14 bits per heavy atom. The van der Waals surface area contributed by atoms with E-state index >= 15 is 0 Å². The van der Waals surface area contributed by atoms with Gasteiger partial charge in [0.1, 0.15) is 5.78 Å². The number of unbranched alkanes of at least 4 members (excludes halogenated alkanes) is 2. The Kier molecular flexibility index (Phi) is 5.16. The monoisotopic (exact) mass is 197 g/mol. The molecule has 0 aromatic carbocycles. The minimum Gasteiger partial charge on any atom is -0.298 e. The van der Waals surface area contributed by atoms with Crippen LogP contribution in [0.2, 0.25) is 0 Å². The Labute approximate surface area is 87.7 Å². The number of Topliss-reactive ketones (excluding diaryl/α,β-unsaturated/α-hetero) is 1. The van der Waals surface area contributed by atoms with E-state index in [-0.39, 0.29) is 6.04 Å². The van der Waals surface area contributed by atoms with Gasteiger partial charge in [-0.1, -0.05) is 26.2 Å². The molecule has 0 radical (unpaired) electrons. The summed E-state index contributed by atoms with van der Waals surface area (Å²) in [5.41, 5.74) is 0. The third-order valence-corrected chi connectivity index (χ3v) is 3.17. The van der Waals surface area contributed by atoms with Crippen molar-refractivity contribution < 1.29 is 4.79 Å². The van der Waals surface area contributed by atoms with Crippen LogP contribution in [0.1, 0.15) is 51.9 Å². The smallest absolute Gasteiger partial charge is 0.149 e. The molecule has 0 saturated heterocycles. The summed E-state index contributed by atoms with van der Waals surface area (Å²) in [5.74, 6) is 0.468. The van der Waals surface area contributed by atoms with Gasteiger partial charge in [-0.3, -0.25) is 9.69 Å². The number of hydrogen-bond acceptors (Lipinski definition) is 2. The lowest BCUT2D eigenvalue weighted by atomic mass is 9.93.